The number of carboxylic acids is 1. The SMILES string of the molecule is O=C(NCCCC1CC1)NC1(C(=O)O)CC1. The number of hydrogen-bond acceptors (Lipinski definition) is 2. The summed E-state index contributed by atoms with van der Waals surface area (Å²) in [6.45, 7) is 0.637. The Morgan fingerprint density at radius 1 is 1.31 bits per heavy atom. The summed E-state index contributed by atoms with van der Waals surface area (Å²) in [5.41, 5.74) is -0.972. The topological polar surface area (TPSA) is 78.4 Å². The zero-order chi connectivity index (χ0) is 11.6. The summed E-state index contributed by atoms with van der Waals surface area (Å²) in [4.78, 5) is 22.2. The van der Waals surface area contributed by atoms with Gasteiger partial charge in [0, 0.05) is 6.54 Å². The normalized spacial score (nSPS) is 21.2. The van der Waals surface area contributed by atoms with Gasteiger partial charge in [0.05, 0.1) is 0 Å². The molecule has 90 valence electrons. The van der Waals surface area contributed by atoms with E-state index >= 15 is 0 Å². The Bertz CT molecular complexity index is 296. The first-order chi connectivity index (χ1) is 7.62. The average Bonchev–Trinajstić information content (AvgIpc) is 3.07. The fraction of sp³-hybridized carbons (Fsp3) is 0.818. The molecule has 0 heterocycles. The molecule has 2 rings (SSSR count). The molecular weight excluding hydrogens is 208 g/mol. The van der Waals surface area contributed by atoms with Crippen molar-refractivity contribution >= 4 is 12.0 Å². The summed E-state index contributed by atoms with van der Waals surface area (Å²) >= 11 is 0. The molecule has 0 aromatic heterocycles. The molecule has 0 radical (unpaired) electrons. The second kappa shape index (κ2) is 4.31. The minimum absolute atomic E-state index is 0.351. The van der Waals surface area contributed by atoms with Crippen LogP contribution >= 0.6 is 0 Å². The highest BCUT2D eigenvalue weighted by atomic mass is 16.4. The molecule has 5 nitrogen and oxygen atoms in total. The third kappa shape index (κ3) is 2.87. The smallest absolute Gasteiger partial charge is 0.329 e. The van der Waals surface area contributed by atoms with Crippen molar-refractivity contribution in [3.05, 3.63) is 0 Å². The second-order valence-corrected chi connectivity index (χ2v) is 4.85. The molecule has 5 heteroatoms. The standard InChI is InChI=1S/C11H18N2O3/c14-9(15)11(5-6-11)13-10(16)12-7-1-2-8-3-4-8/h8H,1-7H2,(H,14,15)(H2,12,13,16). The van der Waals surface area contributed by atoms with Crippen LogP contribution in [0.3, 0.4) is 0 Å². The van der Waals surface area contributed by atoms with Crippen molar-refractivity contribution in [1.82, 2.24) is 10.6 Å². The molecular formula is C11H18N2O3. The molecule has 0 aliphatic heterocycles. The van der Waals surface area contributed by atoms with Crippen molar-refractivity contribution in [2.24, 2.45) is 5.92 Å². The number of carbonyl (C=O) groups excluding carboxylic acids is 1. The van der Waals surface area contributed by atoms with Crippen LogP contribution in [0.4, 0.5) is 4.79 Å². The third-order valence-electron chi connectivity index (χ3n) is 3.28. The van der Waals surface area contributed by atoms with Crippen LogP contribution in [0.1, 0.15) is 38.5 Å². The van der Waals surface area contributed by atoms with Crippen LogP contribution in [0.25, 0.3) is 0 Å². The summed E-state index contributed by atoms with van der Waals surface area (Å²) in [6.07, 6.45) is 5.89. The maximum atomic E-state index is 11.4. The van der Waals surface area contributed by atoms with E-state index in [2.05, 4.69) is 10.6 Å². The van der Waals surface area contributed by atoms with Gasteiger partial charge in [0.2, 0.25) is 0 Å². The van der Waals surface area contributed by atoms with Crippen molar-refractivity contribution in [1.29, 1.82) is 0 Å². The molecule has 2 saturated carbocycles. The fourth-order valence-corrected chi connectivity index (χ4v) is 1.78. The quantitative estimate of drug-likeness (QED) is 0.593. The summed E-state index contributed by atoms with van der Waals surface area (Å²) in [7, 11) is 0. The molecule has 2 aliphatic carbocycles. The molecule has 0 saturated heterocycles. The highest BCUT2D eigenvalue weighted by Crippen LogP contribution is 2.35. The number of aliphatic carboxylic acids is 1. The van der Waals surface area contributed by atoms with Gasteiger partial charge in [-0.2, -0.15) is 0 Å². The van der Waals surface area contributed by atoms with Crippen molar-refractivity contribution in [3.63, 3.8) is 0 Å². The van der Waals surface area contributed by atoms with Gasteiger partial charge < -0.3 is 15.7 Å². The fourth-order valence-electron chi connectivity index (χ4n) is 1.78. The van der Waals surface area contributed by atoms with Crippen LogP contribution in [-0.2, 0) is 4.79 Å². The number of nitrogens with one attached hydrogen (secondary N) is 2. The van der Waals surface area contributed by atoms with Gasteiger partial charge in [0.25, 0.3) is 0 Å². The Balaban J connectivity index is 1.58. The number of hydrogen-bond donors (Lipinski definition) is 3. The zero-order valence-corrected chi connectivity index (χ0v) is 9.29. The Labute approximate surface area is 94.6 Å². The van der Waals surface area contributed by atoms with Gasteiger partial charge in [-0.1, -0.05) is 12.8 Å². The molecule has 2 aliphatic rings. The van der Waals surface area contributed by atoms with E-state index in [1.165, 1.54) is 19.3 Å². The maximum absolute atomic E-state index is 11.4. The monoisotopic (exact) mass is 226 g/mol. The van der Waals surface area contributed by atoms with Gasteiger partial charge in [0.1, 0.15) is 5.54 Å². The lowest BCUT2D eigenvalue weighted by Crippen LogP contribution is -2.48. The summed E-state index contributed by atoms with van der Waals surface area (Å²) in [5.74, 6) is -0.0562. The highest BCUT2D eigenvalue weighted by molar-refractivity contribution is 5.88. The maximum Gasteiger partial charge on any atom is 0.329 e. The van der Waals surface area contributed by atoms with E-state index in [1.807, 2.05) is 0 Å². The first-order valence-corrected chi connectivity index (χ1v) is 5.92. The average molecular weight is 226 g/mol. The summed E-state index contributed by atoms with van der Waals surface area (Å²) in [6, 6.07) is -0.351. The van der Waals surface area contributed by atoms with Gasteiger partial charge >= 0.3 is 12.0 Å². The van der Waals surface area contributed by atoms with Gasteiger partial charge in [-0.15, -0.1) is 0 Å². The predicted octanol–water partition coefficient (Wildman–Crippen LogP) is 1.09. The number of amides is 2. The summed E-state index contributed by atoms with van der Waals surface area (Å²) < 4.78 is 0. The number of rotatable bonds is 6. The van der Waals surface area contributed by atoms with Crippen molar-refractivity contribution in [3.8, 4) is 0 Å². The predicted molar refractivity (Wildman–Crippen MR) is 58.1 cm³/mol. The van der Waals surface area contributed by atoms with E-state index in [4.69, 9.17) is 5.11 Å². The van der Waals surface area contributed by atoms with E-state index in [9.17, 15) is 9.59 Å². The highest BCUT2D eigenvalue weighted by Gasteiger charge is 2.51. The number of urea groups is 1. The van der Waals surface area contributed by atoms with E-state index in [0.29, 0.717) is 19.4 Å². The Hall–Kier alpha value is -1.26. The van der Waals surface area contributed by atoms with Crippen LogP contribution in [-0.4, -0.2) is 29.2 Å². The van der Waals surface area contributed by atoms with Crippen LogP contribution < -0.4 is 10.6 Å². The molecule has 0 aromatic rings. The van der Waals surface area contributed by atoms with Gasteiger partial charge in [-0.3, -0.25) is 0 Å². The Morgan fingerprint density at radius 3 is 2.50 bits per heavy atom. The van der Waals surface area contributed by atoms with E-state index in [0.717, 1.165) is 12.3 Å². The Kier molecular flexibility index (Phi) is 3.03. The van der Waals surface area contributed by atoms with Gasteiger partial charge in [0.15, 0.2) is 0 Å². The van der Waals surface area contributed by atoms with E-state index in [1.54, 1.807) is 0 Å². The third-order valence-corrected chi connectivity index (χ3v) is 3.28. The first kappa shape index (κ1) is 11.2. The molecule has 0 atom stereocenters. The van der Waals surface area contributed by atoms with Crippen LogP contribution in [0.15, 0.2) is 0 Å². The molecule has 0 spiro atoms. The lowest BCUT2D eigenvalue weighted by atomic mass is 10.2. The molecule has 2 fully saturated rings. The van der Waals surface area contributed by atoms with Crippen LogP contribution in [0, 0.1) is 5.92 Å². The lowest BCUT2D eigenvalue weighted by molar-refractivity contribution is -0.140. The minimum Gasteiger partial charge on any atom is -0.480 e. The van der Waals surface area contributed by atoms with Gasteiger partial charge in [-0.25, -0.2) is 9.59 Å². The minimum atomic E-state index is -0.972. The lowest BCUT2D eigenvalue weighted by Gasteiger charge is -2.13. The molecule has 0 aromatic carbocycles. The van der Waals surface area contributed by atoms with E-state index < -0.39 is 11.5 Å². The van der Waals surface area contributed by atoms with Crippen molar-refractivity contribution < 1.29 is 14.7 Å². The molecule has 0 bridgehead atoms. The largest absolute Gasteiger partial charge is 0.480 e. The summed E-state index contributed by atoms with van der Waals surface area (Å²) in [5, 5.41) is 14.1. The van der Waals surface area contributed by atoms with E-state index in [-0.39, 0.29) is 6.03 Å². The second-order valence-electron chi connectivity index (χ2n) is 4.85. The molecule has 3 N–H and O–H groups in total. The zero-order valence-electron chi connectivity index (χ0n) is 9.29. The van der Waals surface area contributed by atoms with Crippen LogP contribution in [0.2, 0.25) is 0 Å². The number of carbonyl (C=O) groups is 2. The molecule has 0 unspecified atom stereocenters. The van der Waals surface area contributed by atoms with Crippen molar-refractivity contribution in [2.45, 2.75) is 44.1 Å². The first-order valence-electron chi connectivity index (χ1n) is 5.92. The van der Waals surface area contributed by atoms with Gasteiger partial charge in [-0.05, 0) is 31.6 Å². The van der Waals surface area contributed by atoms with Crippen molar-refractivity contribution in [2.75, 3.05) is 6.54 Å². The molecule has 16 heavy (non-hydrogen) atoms. The van der Waals surface area contributed by atoms with Crippen LogP contribution in [0.5, 0.6) is 0 Å². The number of carboxylic acid groups (broad SMARTS) is 1. The Morgan fingerprint density at radius 2 is 2.00 bits per heavy atom. The molecule has 2 amide bonds.